The summed E-state index contributed by atoms with van der Waals surface area (Å²) in [5, 5.41) is 16.9. The van der Waals surface area contributed by atoms with E-state index in [-0.39, 0.29) is 18.0 Å². The molecule has 3 aromatic carbocycles. The standard InChI is InChI=1S/C22H19ClFN3O4S/c23-16-3-7-18(8-4-16)27-13-22(28,14-31-19-9-5-17(24)6-10-19)26-21(27)15-1-11-20(12-2-15)32(25,29)30/h1-12,28H,13-14H2,(H2,25,29,30). The SMILES string of the molecule is NS(=O)(=O)c1ccc(C2=NC(O)(COc3ccc(F)cc3)CN2c2ccc(Cl)cc2)cc1. The number of benzene rings is 3. The number of hydrogen-bond donors (Lipinski definition) is 2. The summed E-state index contributed by atoms with van der Waals surface area (Å²) in [5.74, 6) is 0.409. The van der Waals surface area contributed by atoms with Crippen LogP contribution in [0.3, 0.4) is 0 Å². The monoisotopic (exact) mass is 475 g/mol. The fraction of sp³-hybridized carbons (Fsp3) is 0.136. The van der Waals surface area contributed by atoms with Crippen LogP contribution in [0, 0.1) is 5.82 Å². The second-order valence-electron chi connectivity index (χ2n) is 7.29. The van der Waals surface area contributed by atoms with Gasteiger partial charge >= 0.3 is 0 Å². The van der Waals surface area contributed by atoms with E-state index in [0.29, 0.717) is 22.2 Å². The summed E-state index contributed by atoms with van der Waals surface area (Å²) >= 11 is 6.00. The summed E-state index contributed by atoms with van der Waals surface area (Å²) in [6, 6.07) is 18.3. The molecule has 0 saturated carbocycles. The molecule has 0 saturated heterocycles. The van der Waals surface area contributed by atoms with Gasteiger partial charge in [0.2, 0.25) is 15.7 Å². The number of aliphatic imine (C=N–C) groups is 1. The maximum absolute atomic E-state index is 13.1. The number of anilines is 1. The summed E-state index contributed by atoms with van der Waals surface area (Å²) < 4.78 is 41.9. The highest BCUT2D eigenvalue weighted by atomic mass is 35.5. The number of β-amino-alcohol motifs (C(OH)–C–C–N with tert-alkyl or cyclic N) is 1. The molecule has 10 heteroatoms. The highest BCUT2D eigenvalue weighted by molar-refractivity contribution is 7.89. The van der Waals surface area contributed by atoms with Crippen LogP contribution in [0.4, 0.5) is 10.1 Å². The van der Waals surface area contributed by atoms with Crippen molar-refractivity contribution in [3.05, 3.63) is 89.2 Å². The van der Waals surface area contributed by atoms with E-state index in [0.717, 1.165) is 5.69 Å². The van der Waals surface area contributed by atoms with E-state index in [1.807, 2.05) is 0 Å². The van der Waals surface area contributed by atoms with Crippen molar-refractivity contribution in [3.8, 4) is 5.75 Å². The van der Waals surface area contributed by atoms with Gasteiger partial charge < -0.3 is 14.7 Å². The largest absolute Gasteiger partial charge is 0.488 e. The summed E-state index contributed by atoms with van der Waals surface area (Å²) in [5.41, 5.74) is -0.312. The number of rotatable bonds is 6. The average molecular weight is 476 g/mol. The van der Waals surface area contributed by atoms with Crippen LogP contribution in [0.5, 0.6) is 5.75 Å². The van der Waals surface area contributed by atoms with Gasteiger partial charge in [-0.15, -0.1) is 0 Å². The maximum atomic E-state index is 13.1. The molecule has 0 bridgehead atoms. The zero-order valence-electron chi connectivity index (χ0n) is 16.7. The van der Waals surface area contributed by atoms with E-state index in [9.17, 15) is 17.9 Å². The number of ether oxygens (including phenoxy) is 1. The molecule has 0 aliphatic carbocycles. The van der Waals surface area contributed by atoms with Crippen LogP contribution >= 0.6 is 11.6 Å². The Hall–Kier alpha value is -2.98. The lowest BCUT2D eigenvalue weighted by molar-refractivity contribution is 0.0177. The zero-order chi connectivity index (χ0) is 22.9. The first-order chi connectivity index (χ1) is 15.1. The van der Waals surface area contributed by atoms with Gasteiger partial charge in [-0.05, 0) is 72.8 Å². The summed E-state index contributed by atoms with van der Waals surface area (Å²) in [4.78, 5) is 6.22. The van der Waals surface area contributed by atoms with Crippen LogP contribution in [0.1, 0.15) is 5.56 Å². The second kappa shape index (κ2) is 8.51. The third kappa shape index (κ3) is 4.91. The predicted molar refractivity (Wildman–Crippen MR) is 120 cm³/mol. The number of nitrogens with zero attached hydrogens (tertiary/aromatic N) is 2. The van der Waals surface area contributed by atoms with Gasteiger partial charge in [0.15, 0.2) is 0 Å². The van der Waals surface area contributed by atoms with E-state index in [2.05, 4.69) is 4.99 Å². The number of nitrogens with two attached hydrogens (primary N) is 1. The topological polar surface area (TPSA) is 105 Å². The van der Waals surface area contributed by atoms with Gasteiger partial charge in [-0.3, -0.25) is 0 Å². The van der Waals surface area contributed by atoms with Crippen molar-refractivity contribution in [1.29, 1.82) is 0 Å². The van der Waals surface area contributed by atoms with E-state index in [1.54, 1.807) is 41.3 Å². The number of sulfonamides is 1. The first kappa shape index (κ1) is 22.2. The van der Waals surface area contributed by atoms with Crippen molar-refractivity contribution in [2.45, 2.75) is 10.6 Å². The lowest BCUT2D eigenvalue weighted by Gasteiger charge is -2.24. The molecule has 0 radical (unpaired) electrons. The Morgan fingerprint density at radius 3 is 2.28 bits per heavy atom. The van der Waals surface area contributed by atoms with Crippen LogP contribution in [-0.2, 0) is 10.0 Å². The molecule has 4 rings (SSSR count). The molecule has 0 aromatic heterocycles. The van der Waals surface area contributed by atoms with E-state index < -0.39 is 21.6 Å². The van der Waals surface area contributed by atoms with Crippen LogP contribution in [0.15, 0.2) is 82.7 Å². The zero-order valence-corrected chi connectivity index (χ0v) is 18.2. The minimum Gasteiger partial charge on any atom is -0.488 e. The Kier molecular flexibility index (Phi) is 5.91. The van der Waals surface area contributed by atoms with Gasteiger partial charge in [-0.2, -0.15) is 0 Å². The van der Waals surface area contributed by atoms with Crippen molar-refractivity contribution in [1.82, 2.24) is 0 Å². The van der Waals surface area contributed by atoms with Crippen LogP contribution in [-0.4, -0.2) is 38.2 Å². The molecule has 7 nitrogen and oxygen atoms in total. The average Bonchev–Trinajstić information content (AvgIpc) is 3.11. The lowest BCUT2D eigenvalue weighted by Crippen LogP contribution is -2.40. The fourth-order valence-electron chi connectivity index (χ4n) is 3.28. The molecule has 0 amide bonds. The summed E-state index contributed by atoms with van der Waals surface area (Å²) in [7, 11) is -3.84. The first-order valence-corrected chi connectivity index (χ1v) is 11.4. The molecule has 1 atom stereocenters. The van der Waals surface area contributed by atoms with Gasteiger partial charge in [0, 0.05) is 16.3 Å². The molecule has 1 aliphatic rings. The highest BCUT2D eigenvalue weighted by Crippen LogP contribution is 2.30. The van der Waals surface area contributed by atoms with Crippen molar-refractivity contribution in [2.24, 2.45) is 10.1 Å². The normalized spacial score (nSPS) is 18.5. The van der Waals surface area contributed by atoms with Gasteiger partial charge in [-0.25, -0.2) is 22.9 Å². The molecule has 0 fully saturated rings. The Labute approximate surface area is 189 Å². The quantitative estimate of drug-likeness (QED) is 0.569. The van der Waals surface area contributed by atoms with Gasteiger partial charge in [0.05, 0.1) is 11.4 Å². The minimum atomic E-state index is -3.84. The summed E-state index contributed by atoms with van der Waals surface area (Å²) in [6.07, 6.45) is 0. The van der Waals surface area contributed by atoms with Crippen molar-refractivity contribution in [2.75, 3.05) is 18.1 Å². The molecule has 1 unspecified atom stereocenters. The maximum Gasteiger partial charge on any atom is 0.238 e. The molecule has 3 aromatic rings. The summed E-state index contributed by atoms with van der Waals surface area (Å²) in [6.45, 7) is -0.108. The second-order valence-corrected chi connectivity index (χ2v) is 9.29. The van der Waals surface area contributed by atoms with Gasteiger partial charge in [0.25, 0.3) is 0 Å². The van der Waals surface area contributed by atoms with E-state index in [1.165, 1.54) is 36.4 Å². The van der Waals surface area contributed by atoms with Gasteiger partial charge in [0.1, 0.15) is 24.0 Å². The van der Waals surface area contributed by atoms with E-state index >= 15 is 0 Å². The third-order valence-corrected chi connectivity index (χ3v) is 6.03. The molecule has 3 N–H and O–H groups in total. The number of amidine groups is 1. The highest BCUT2D eigenvalue weighted by Gasteiger charge is 2.39. The molecular formula is C22H19ClFN3O4S. The Morgan fingerprint density at radius 2 is 1.69 bits per heavy atom. The molecule has 166 valence electrons. The number of aliphatic hydroxyl groups is 1. The Bertz CT molecular complexity index is 1250. The predicted octanol–water partition coefficient (Wildman–Crippen LogP) is 3.16. The molecule has 1 heterocycles. The first-order valence-electron chi connectivity index (χ1n) is 9.50. The molecular weight excluding hydrogens is 457 g/mol. The number of halogens is 2. The Morgan fingerprint density at radius 1 is 1.06 bits per heavy atom. The van der Waals surface area contributed by atoms with Gasteiger partial charge in [-0.1, -0.05) is 11.6 Å². The van der Waals surface area contributed by atoms with Crippen LogP contribution in [0.2, 0.25) is 5.02 Å². The van der Waals surface area contributed by atoms with Crippen LogP contribution < -0.4 is 14.8 Å². The molecule has 1 aliphatic heterocycles. The van der Waals surface area contributed by atoms with Crippen LogP contribution in [0.25, 0.3) is 0 Å². The third-order valence-electron chi connectivity index (χ3n) is 4.84. The van der Waals surface area contributed by atoms with Crippen molar-refractivity contribution >= 4 is 33.1 Å². The lowest BCUT2D eigenvalue weighted by atomic mass is 10.1. The minimum absolute atomic E-state index is 0.0344. The van der Waals surface area contributed by atoms with Crippen molar-refractivity contribution in [3.63, 3.8) is 0 Å². The van der Waals surface area contributed by atoms with E-state index in [4.69, 9.17) is 21.5 Å². The number of primary sulfonamides is 1. The smallest absolute Gasteiger partial charge is 0.238 e. The molecule has 32 heavy (non-hydrogen) atoms. The molecule has 0 spiro atoms. The number of hydrogen-bond acceptors (Lipinski definition) is 6. The fourth-order valence-corrected chi connectivity index (χ4v) is 3.92. The Balaban J connectivity index is 1.66. The van der Waals surface area contributed by atoms with Crippen molar-refractivity contribution < 1.29 is 22.7 Å².